The molecule has 3 rings (SSSR count). The number of likely N-dealkylation sites (tertiary alicyclic amines) is 1. The second-order valence-electron chi connectivity index (χ2n) is 11.1. The molecular formula is C26H36N4O4. The number of carbonyl (C=O) groups excluding carboxylic acids is 4. The van der Waals surface area contributed by atoms with Crippen LogP contribution in [0.1, 0.15) is 59.0 Å². The minimum absolute atomic E-state index is 0.0452. The maximum Gasteiger partial charge on any atom is 0.268 e. The molecule has 4 atom stereocenters. The van der Waals surface area contributed by atoms with E-state index in [1.165, 1.54) is 0 Å². The van der Waals surface area contributed by atoms with Gasteiger partial charge in [0.15, 0.2) is 0 Å². The SMILES string of the molecule is C[C@@H]1CN(C(=O)[C@@H](NC(=O)c2cc3ccccc3[nH]2)C(C)(C)C)[C@H](C(=O)N[C@@H](C)C=O)C1(C)C. The molecule has 1 aromatic carbocycles. The van der Waals surface area contributed by atoms with Crippen molar-refractivity contribution in [3.8, 4) is 0 Å². The molecule has 2 heterocycles. The van der Waals surface area contributed by atoms with Crippen molar-refractivity contribution in [1.29, 1.82) is 0 Å². The molecule has 2 aromatic rings. The number of para-hydroxylation sites is 1. The smallest absolute Gasteiger partial charge is 0.268 e. The van der Waals surface area contributed by atoms with Crippen LogP contribution in [0, 0.1) is 16.7 Å². The number of H-pyrrole nitrogens is 1. The number of carbonyl (C=O) groups is 4. The standard InChI is InChI=1S/C26H36N4O4/c1-15-13-30(21(26(15,6)7)23(33)27-16(2)14-31)24(34)20(25(3,4)5)29-22(32)19-12-17-10-8-9-11-18(17)28-19/h8-12,14-16,20-21,28H,13H2,1-7H3,(H,27,33)(H,29,32)/t15-,16+,20-,21-/m1/s1. The van der Waals surface area contributed by atoms with Gasteiger partial charge in [-0.2, -0.15) is 0 Å². The van der Waals surface area contributed by atoms with Crippen LogP contribution in [0.25, 0.3) is 10.9 Å². The molecule has 0 unspecified atom stereocenters. The third-order valence-electron chi connectivity index (χ3n) is 7.03. The van der Waals surface area contributed by atoms with Crippen molar-refractivity contribution in [2.45, 2.75) is 66.6 Å². The van der Waals surface area contributed by atoms with Crippen LogP contribution in [0.5, 0.6) is 0 Å². The predicted octanol–water partition coefficient (Wildman–Crippen LogP) is 2.89. The fourth-order valence-electron chi connectivity index (χ4n) is 4.56. The topological polar surface area (TPSA) is 111 Å². The molecule has 0 bridgehead atoms. The first kappa shape index (κ1) is 25.5. The van der Waals surface area contributed by atoms with Crippen LogP contribution < -0.4 is 10.6 Å². The van der Waals surface area contributed by atoms with Crippen LogP contribution in [0.4, 0.5) is 0 Å². The zero-order valence-electron chi connectivity index (χ0n) is 21.1. The number of hydrogen-bond acceptors (Lipinski definition) is 4. The zero-order chi connectivity index (χ0) is 25.4. The Morgan fingerprint density at radius 1 is 1.18 bits per heavy atom. The van der Waals surface area contributed by atoms with Gasteiger partial charge in [-0.05, 0) is 35.8 Å². The van der Waals surface area contributed by atoms with E-state index >= 15 is 0 Å². The fourth-order valence-corrected chi connectivity index (χ4v) is 4.56. The lowest BCUT2D eigenvalue weighted by Gasteiger charge is -2.38. The van der Waals surface area contributed by atoms with Crippen LogP contribution in [-0.4, -0.2) is 58.6 Å². The lowest BCUT2D eigenvalue weighted by molar-refractivity contribution is -0.144. The minimum atomic E-state index is -0.855. The van der Waals surface area contributed by atoms with E-state index in [0.29, 0.717) is 18.5 Å². The average Bonchev–Trinajstić information content (AvgIpc) is 3.29. The number of hydrogen-bond donors (Lipinski definition) is 3. The van der Waals surface area contributed by atoms with Gasteiger partial charge < -0.3 is 25.3 Å². The third-order valence-corrected chi connectivity index (χ3v) is 7.03. The van der Waals surface area contributed by atoms with Crippen molar-refractivity contribution >= 4 is 34.9 Å². The largest absolute Gasteiger partial charge is 0.351 e. The summed E-state index contributed by atoms with van der Waals surface area (Å²) in [5, 5.41) is 6.52. The molecule has 3 N–H and O–H groups in total. The summed E-state index contributed by atoms with van der Waals surface area (Å²) in [7, 11) is 0. The number of aromatic nitrogens is 1. The maximum absolute atomic E-state index is 13.9. The van der Waals surface area contributed by atoms with Gasteiger partial charge in [0.2, 0.25) is 11.8 Å². The van der Waals surface area contributed by atoms with Crippen LogP contribution in [0.2, 0.25) is 0 Å². The minimum Gasteiger partial charge on any atom is -0.351 e. The molecule has 0 spiro atoms. The van der Waals surface area contributed by atoms with Crippen molar-refractivity contribution in [1.82, 2.24) is 20.5 Å². The quantitative estimate of drug-likeness (QED) is 0.566. The fraction of sp³-hybridized carbons (Fsp3) is 0.538. The average molecular weight is 469 g/mol. The summed E-state index contributed by atoms with van der Waals surface area (Å²) in [6.07, 6.45) is 0.661. The molecule has 1 aromatic heterocycles. The van der Waals surface area contributed by atoms with E-state index in [2.05, 4.69) is 15.6 Å². The van der Waals surface area contributed by atoms with Gasteiger partial charge in [-0.3, -0.25) is 14.4 Å². The first-order valence-electron chi connectivity index (χ1n) is 11.7. The Morgan fingerprint density at radius 3 is 2.41 bits per heavy atom. The van der Waals surface area contributed by atoms with E-state index in [0.717, 1.165) is 10.9 Å². The van der Waals surface area contributed by atoms with E-state index in [-0.39, 0.29) is 23.6 Å². The van der Waals surface area contributed by atoms with Gasteiger partial charge in [0.25, 0.3) is 5.91 Å². The van der Waals surface area contributed by atoms with Crippen molar-refractivity contribution in [3.63, 3.8) is 0 Å². The summed E-state index contributed by atoms with van der Waals surface area (Å²) in [5.74, 6) is -1.01. The highest BCUT2D eigenvalue weighted by atomic mass is 16.2. The highest BCUT2D eigenvalue weighted by Gasteiger charge is 2.53. The Morgan fingerprint density at radius 2 is 1.82 bits per heavy atom. The maximum atomic E-state index is 13.9. The summed E-state index contributed by atoms with van der Waals surface area (Å²) in [5.41, 5.74) is 0.0903. The number of nitrogens with one attached hydrogen (secondary N) is 3. The molecule has 0 radical (unpaired) electrons. The molecule has 184 valence electrons. The number of amides is 3. The van der Waals surface area contributed by atoms with Gasteiger partial charge in [0, 0.05) is 17.4 Å². The summed E-state index contributed by atoms with van der Waals surface area (Å²) in [6, 6.07) is 7.06. The zero-order valence-corrected chi connectivity index (χ0v) is 21.1. The first-order valence-corrected chi connectivity index (χ1v) is 11.7. The highest BCUT2D eigenvalue weighted by molar-refractivity contribution is 6.01. The van der Waals surface area contributed by atoms with E-state index in [9.17, 15) is 19.2 Å². The molecule has 0 aliphatic carbocycles. The molecule has 1 saturated heterocycles. The number of aldehydes is 1. The number of rotatable bonds is 6. The highest BCUT2D eigenvalue weighted by Crippen LogP contribution is 2.42. The molecule has 8 nitrogen and oxygen atoms in total. The number of aromatic amines is 1. The molecule has 34 heavy (non-hydrogen) atoms. The summed E-state index contributed by atoms with van der Waals surface area (Å²) >= 11 is 0. The van der Waals surface area contributed by atoms with E-state index < -0.39 is 29.0 Å². The number of nitrogens with zero attached hydrogens (tertiary/aromatic N) is 1. The lowest BCUT2D eigenvalue weighted by atomic mass is 9.77. The number of benzene rings is 1. The van der Waals surface area contributed by atoms with Crippen LogP contribution >= 0.6 is 0 Å². The molecular weight excluding hydrogens is 432 g/mol. The predicted molar refractivity (Wildman–Crippen MR) is 131 cm³/mol. The van der Waals surface area contributed by atoms with Gasteiger partial charge in [-0.15, -0.1) is 0 Å². The van der Waals surface area contributed by atoms with Gasteiger partial charge in [-0.25, -0.2) is 0 Å². The van der Waals surface area contributed by atoms with E-state index in [1.54, 1.807) is 17.9 Å². The Hall–Kier alpha value is -3.16. The van der Waals surface area contributed by atoms with Crippen LogP contribution in [-0.2, 0) is 14.4 Å². The van der Waals surface area contributed by atoms with E-state index in [1.807, 2.05) is 65.8 Å². The molecule has 1 fully saturated rings. The van der Waals surface area contributed by atoms with Gasteiger partial charge in [0.1, 0.15) is 24.1 Å². The van der Waals surface area contributed by atoms with Crippen molar-refractivity contribution in [2.75, 3.05) is 6.54 Å². The lowest BCUT2D eigenvalue weighted by Crippen LogP contribution is -2.60. The van der Waals surface area contributed by atoms with E-state index in [4.69, 9.17) is 0 Å². The van der Waals surface area contributed by atoms with Crippen LogP contribution in [0.15, 0.2) is 30.3 Å². The third kappa shape index (κ3) is 4.86. The van der Waals surface area contributed by atoms with Gasteiger partial charge in [0.05, 0.1) is 6.04 Å². The normalized spacial score (nSPS) is 21.7. The van der Waals surface area contributed by atoms with Crippen molar-refractivity contribution < 1.29 is 19.2 Å². The monoisotopic (exact) mass is 468 g/mol. The van der Waals surface area contributed by atoms with Crippen molar-refractivity contribution in [2.24, 2.45) is 16.7 Å². The molecule has 1 aliphatic rings. The number of fused-ring (bicyclic) bond motifs is 1. The second kappa shape index (κ2) is 9.24. The van der Waals surface area contributed by atoms with Gasteiger partial charge in [-0.1, -0.05) is 59.7 Å². The molecule has 0 saturated carbocycles. The Kier molecular flexibility index (Phi) is 6.92. The Labute approximate surface area is 200 Å². The van der Waals surface area contributed by atoms with Gasteiger partial charge >= 0.3 is 0 Å². The second-order valence-corrected chi connectivity index (χ2v) is 11.1. The Balaban J connectivity index is 1.90. The van der Waals surface area contributed by atoms with Crippen LogP contribution in [0.3, 0.4) is 0 Å². The summed E-state index contributed by atoms with van der Waals surface area (Å²) in [4.78, 5) is 56.0. The Bertz CT molecular complexity index is 1060. The first-order chi connectivity index (χ1) is 15.8. The summed E-state index contributed by atoms with van der Waals surface area (Å²) in [6.45, 7) is 13.5. The summed E-state index contributed by atoms with van der Waals surface area (Å²) < 4.78 is 0. The molecule has 3 amide bonds. The molecule has 8 heteroatoms. The van der Waals surface area contributed by atoms with Crippen molar-refractivity contribution in [3.05, 3.63) is 36.0 Å². The molecule has 1 aliphatic heterocycles.